The zero-order chi connectivity index (χ0) is 10.1. The molecular formula is C11H14O3. The van der Waals surface area contributed by atoms with Crippen LogP contribution in [-0.2, 0) is 11.2 Å². The molecule has 0 radical (unpaired) electrons. The van der Waals surface area contributed by atoms with Crippen molar-refractivity contribution in [2.75, 3.05) is 0 Å². The van der Waals surface area contributed by atoms with E-state index in [1.165, 1.54) is 6.42 Å². The fraction of sp³-hybridized carbons (Fsp3) is 0.545. The van der Waals surface area contributed by atoms with E-state index >= 15 is 0 Å². The number of hydrogen-bond acceptors (Lipinski definition) is 2. The number of carboxylic acids is 1. The highest BCUT2D eigenvalue weighted by Gasteiger charge is 2.36. The average molecular weight is 194 g/mol. The summed E-state index contributed by atoms with van der Waals surface area (Å²) in [4.78, 5) is 10.3. The summed E-state index contributed by atoms with van der Waals surface area (Å²) >= 11 is 0. The van der Waals surface area contributed by atoms with Crippen LogP contribution in [0.15, 0.2) is 16.5 Å². The summed E-state index contributed by atoms with van der Waals surface area (Å²) < 4.78 is 5.57. The summed E-state index contributed by atoms with van der Waals surface area (Å²) in [6, 6.07) is 3.87. The molecule has 76 valence electrons. The monoisotopic (exact) mass is 194 g/mol. The number of hydrogen-bond donors (Lipinski definition) is 1. The molecule has 1 aliphatic carbocycles. The molecule has 3 nitrogen and oxygen atoms in total. The van der Waals surface area contributed by atoms with E-state index < -0.39 is 5.97 Å². The van der Waals surface area contributed by atoms with Crippen molar-refractivity contribution in [1.82, 2.24) is 0 Å². The summed E-state index contributed by atoms with van der Waals surface area (Å²) in [5.74, 6) is 2.35. The Morgan fingerprint density at radius 2 is 2.36 bits per heavy atom. The highest BCUT2D eigenvalue weighted by atomic mass is 16.4. The lowest BCUT2D eigenvalue weighted by Crippen LogP contribution is -1.96. The molecule has 1 aromatic heterocycles. The van der Waals surface area contributed by atoms with E-state index in [9.17, 15) is 4.79 Å². The molecule has 1 aromatic rings. The van der Waals surface area contributed by atoms with Gasteiger partial charge in [-0.25, -0.2) is 0 Å². The largest absolute Gasteiger partial charge is 0.481 e. The van der Waals surface area contributed by atoms with Crippen LogP contribution in [0.25, 0.3) is 0 Å². The van der Waals surface area contributed by atoms with E-state index in [0.717, 1.165) is 17.4 Å². The Bertz CT molecular complexity index is 340. The molecule has 0 bridgehead atoms. The first-order valence-electron chi connectivity index (χ1n) is 4.97. The average Bonchev–Trinajstić information content (AvgIpc) is 2.68. The van der Waals surface area contributed by atoms with Gasteiger partial charge in [0.1, 0.15) is 11.5 Å². The van der Waals surface area contributed by atoms with E-state index in [2.05, 4.69) is 6.92 Å². The molecule has 0 saturated heterocycles. The predicted octanol–water partition coefficient (Wildman–Crippen LogP) is 2.42. The van der Waals surface area contributed by atoms with Gasteiger partial charge in [0, 0.05) is 12.3 Å². The Hall–Kier alpha value is -1.25. The molecule has 1 fully saturated rings. The standard InChI is InChI=1S/C11H14O3/c1-7-6-9(7)10-4-2-8(14-10)3-5-11(12)13/h2,4,7,9H,3,5-6H2,1H3,(H,12,13)/t7-,9+/m0/s1. The lowest BCUT2D eigenvalue weighted by molar-refractivity contribution is -0.137. The second-order valence-electron chi connectivity index (χ2n) is 4.02. The third kappa shape index (κ3) is 1.97. The van der Waals surface area contributed by atoms with E-state index in [1.807, 2.05) is 12.1 Å². The normalized spacial score (nSPS) is 24.9. The van der Waals surface area contributed by atoms with E-state index in [-0.39, 0.29) is 6.42 Å². The molecule has 0 amide bonds. The van der Waals surface area contributed by atoms with E-state index in [4.69, 9.17) is 9.52 Å². The number of carbonyl (C=O) groups is 1. The van der Waals surface area contributed by atoms with Crippen LogP contribution < -0.4 is 0 Å². The van der Waals surface area contributed by atoms with Crippen LogP contribution in [0.2, 0.25) is 0 Å². The zero-order valence-corrected chi connectivity index (χ0v) is 8.19. The maximum atomic E-state index is 10.3. The maximum absolute atomic E-state index is 10.3. The van der Waals surface area contributed by atoms with Gasteiger partial charge in [-0.05, 0) is 24.5 Å². The van der Waals surface area contributed by atoms with Crippen LogP contribution in [-0.4, -0.2) is 11.1 Å². The van der Waals surface area contributed by atoms with Crippen LogP contribution in [0.4, 0.5) is 0 Å². The second kappa shape index (κ2) is 3.48. The van der Waals surface area contributed by atoms with Gasteiger partial charge in [-0.15, -0.1) is 0 Å². The van der Waals surface area contributed by atoms with Gasteiger partial charge in [-0.3, -0.25) is 4.79 Å². The Kier molecular flexibility index (Phi) is 2.32. The molecule has 0 aromatic carbocycles. The van der Waals surface area contributed by atoms with E-state index in [0.29, 0.717) is 12.3 Å². The van der Waals surface area contributed by atoms with Gasteiger partial charge < -0.3 is 9.52 Å². The number of aliphatic carboxylic acids is 1. The van der Waals surface area contributed by atoms with Gasteiger partial charge >= 0.3 is 5.97 Å². The van der Waals surface area contributed by atoms with E-state index in [1.54, 1.807) is 0 Å². The number of carboxylic acid groups (broad SMARTS) is 1. The van der Waals surface area contributed by atoms with Crippen LogP contribution in [0.5, 0.6) is 0 Å². The minimum atomic E-state index is -0.775. The first-order valence-corrected chi connectivity index (χ1v) is 4.97. The summed E-state index contributed by atoms with van der Waals surface area (Å²) in [6.45, 7) is 2.20. The molecule has 0 unspecified atom stereocenters. The molecule has 2 rings (SSSR count). The van der Waals surface area contributed by atoms with Gasteiger partial charge in [-0.2, -0.15) is 0 Å². The van der Waals surface area contributed by atoms with Gasteiger partial charge in [0.25, 0.3) is 0 Å². The number of aryl methyl sites for hydroxylation is 1. The van der Waals surface area contributed by atoms with Crippen molar-refractivity contribution in [2.45, 2.75) is 32.1 Å². The lowest BCUT2D eigenvalue weighted by atomic mass is 10.2. The molecule has 0 spiro atoms. The van der Waals surface area contributed by atoms with Crippen molar-refractivity contribution in [3.63, 3.8) is 0 Å². The Morgan fingerprint density at radius 3 is 2.93 bits per heavy atom. The second-order valence-corrected chi connectivity index (χ2v) is 4.02. The van der Waals surface area contributed by atoms with Gasteiger partial charge in [0.2, 0.25) is 0 Å². The van der Waals surface area contributed by atoms with Crippen LogP contribution >= 0.6 is 0 Å². The Labute approximate surface area is 82.7 Å². The fourth-order valence-corrected chi connectivity index (χ4v) is 1.68. The molecule has 2 atom stereocenters. The Balaban J connectivity index is 1.93. The van der Waals surface area contributed by atoms with Gasteiger partial charge in [0.15, 0.2) is 0 Å². The lowest BCUT2D eigenvalue weighted by Gasteiger charge is -1.93. The fourth-order valence-electron chi connectivity index (χ4n) is 1.68. The summed E-state index contributed by atoms with van der Waals surface area (Å²) in [5, 5.41) is 8.50. The van der Waals surface area contributed by atoms with Gasteiger partial charge in [-0.1, -0.05) is 6.92 Å². The van der Waals surface area contributed by atoms with Crippen molar-refractivity contribution in [1.29, 1.82) is 0 Å². The van der Waals surface area contributed by atoms with Crippen molar-refractivity contribution in [3.05, 3.63) is 23.7 Å². The van der Waals surface area contributed by atoms with Crippen molar-refractivity contribution >= 4 is 5.97 Å². The van der Waals surface area contributed by atoms with Crippen LogP contribution in [0, 0.1) is 5.92 Å². The van der Waals surface area contributed by atoms with Crippen LogP contribution in [0.3, 0.4) is 0 Å². The summed E-state index contributed by atoms with van der Waals surface area (Å²) in [7, 11) is 0. The van der Waals surface area contributed by atoms with Crippen molar-refractivity contribution < 1.29 is 14.3 Å². The molecule has 1 heterocycles. The minimum Gasteiger partial charge on any atom is -0.481 e. The molecule has 0 aliphatic heterocycles. The van der Waals surface area contributed by atoms with Crippen molar-refractivity contribution in [3.8, 4) is 0 Å². The summed E-state index contributed by atoms with van der Waals surface area (Å²) in [6.07, 6.45) is 1.84. The molecule has 1 saturated carbocycles. The first kappa shape index (κ1) is 9.31. The topological polar surface area (TPSA) is 50.4 Å². The molecule has 3 heteroatoms. The number of rotatable bonds is 4. The smallest absolute Gasteiger partial charge is 0.303 e. The summed E-state index contributed by atoms with van der Waals surface area (Å²) in [5.41, 5.74) is 0. The zero-order valence-electron chi connectivity index (χ0n) is 8.19. The third-order valence-electron chi connectivity index (χ3n) is 2.74. The van der Waals surface area contributed by atoms with Crippen molar-refractivity contribution in [2.24, 2.45) is 5.92 Å². The molecule has 14 heavy (non-hydrogen) atoms. The minimum absolute atomic E-state index is 0.146. The predicted molar refractivity (Wildman–Crippen MR) is 51.2 cm³/mol. The third-order valence-corrected chi connectivity index (χ3v) is 2.74. The maximum Gasteiger partial charge on any atom is 0.303 e. The highest BCUT2D eigenvalue weighted by Crippen LogP contribution is 2.47. The first-order chi connectivity index (χ1) is 6.66. The molecular weight excluding hydrogens is 180 g/mol. The van der Waals surface area contributed by atoms with Crippen LogP contribution in [0.1, 0.15) is 37.2 Å². The SMILES string of the molecule is C[C@H]1C[C@H]1c1ccc(CCC(=O)O)o1. The molecule has 1 aliphatic rings. The Morgan fingerprint density at radius 1 is 1.64 bits per heavy atom. The molecule has 1 N–H and O–H groups in total. The number of furan rings is 1. The quantitative estimate of drug-likeness (QED) is 0.800. The van der Waals surface area contributed by atoms with Gasteiger partial charge in [0.05, 0.1) is 6.42 Å². The highest BCUT2D eigenvalue weighted by molar-refractivity contribution is 5.66.